The van der Waals surface area contributed by atoms with Crippen molar-refractivity contribution >= 4 is 33.5 Å². The predicted octanol–water partition coefficient (Wildman–Crippen LogP) is 7.28. The first kappa shape index (κ1) is 22.1. The Labute approximate surface area is 198 Å². The zero-order valence-corrected chi connectivity index (χ0v) is 19.3. The summed E-state index contributed by atoms with van der Waals surface area (Å²) in [4.78, 5) is 11.5. The lowest BCUT2D eigenvalue weighted by atomic mass is 10.1. The molecule has 162 valence electrons. The third-order valence-electron chi connectivity index (χ3n) is 5.02. The van der Waals surface area contributed by atoms with Crippen LogP contribution < -0.4 is 4.74 Å². The highest BCUT2D eigenvalue weighted by molar-refractivity contribution is 9.10. The summed E-state index contributed by atoms with van der Waals surface area (Å²) in [6.07, 6.45) is 0. The number of benzene rings is 3. The van der Waals surface area contributed by atoms with Gasteiger partial charge < -0.3 is 14.4 Å². The highest BCUT2D eigenvalue weighted by atomic mass is 79.9. The van der Waals surface area contributed by atoms with E-state index in [9.17, 15) is 14.3 Å². The lowest BCUT2D eigenvalue weighted by Crippen LogP contribution is -2.04. The lowest BCUT2D eigenvalue weighted by Gasteiger charge is -2.17. The standard InChI is InChI=1S/C25H18BrClFNO3/c1-15-5-9-23(29(15)19-4-2-3-17(12-19)25(30)31)20-13-18(26)7-10-24(20)32-14-16-6-8-22(28)21(27)11-16/h2-13H,14H2,1H3,(H,30,31). The van der Waals surface area contributed by atoms with Crippen LogP contribution in [0.1, 0.15) is 21.6 Å². The molecule has 0 amide bonds. The van der Waals surface area contributed by atoms with Gasteiger partial charge in [0.1, 0.15) is 18.2 Å². The van der Waals surface area contributed by atoms with E-state index in [4.69, 9.17) is 16.3 Å². The summed E-state index contributed by atoms with van der Waals surface area (Å²) in [5, 5.41) is 9.44. The summed E-state index contributed by atoms with van der Waals surface area (Å²) in [7, 11) is 0. The first-order chi connectivity index (χ1) is 15.3. The van der Waals surface area contributed by atoms with E-state index in [1.54, 1.807) is 30.3 Å². The number of carbonyl (C=O) groups is 1. The molecule has 32 heavy (non-hydrogen) atoms. The second-order valence-corrected chi connectivity index (χ2v) is 8.55. The van der Waals surface area contributed by atoms with Crippen molar-refractivity contribution in [1.29, 1.82) is 0 Å². The Balaban J connectivity index is 1.75. The van der Waals surface area contributed by atoms with E-state index < -0.39 is 11.8 Å². The third-order valence-corrected chi connectivity index (χ3v) is 5.81. The van der Waals surface area contributed by atoms with Crippen molar-refractivity contribution in [3.63, 3.8) is 0 Å². The fourth-order valence-electron chi connectivity index (χ4n) is 3.49. The molecule has 0 aliphatic rings. The molecule has 1 heterocycles. The summed E-state index contributed by atoms with van der Waals surface area (Å²) < 4.78 is 22.4. The summed E-state index contributed by atoms with van der Waals surface area (Å²) in [6.45, 7) is 2.17. The van der Waals surface area contributed by atoms with Crippen molar-refractivity contribution < 1.29 is 19.0 Å². The minimum atomic E-state index is -0.984. The topological polar surface area (TPSA) is 51.5 Å². The van der Waals surface area contributed by atoms with E-state index in [0.29, 0.717) is 5.75 Å². The van der Waals surface area contributed by atoms with E-state index in [-0.39, 0.29) is 17.2 Å². The summed E-state index contributed by atoms with van der Waals surface area (Å²) in [6, 6.07) is 20.9. The molecule has 4 nitrogen and oxygen atoms in total. The number of hydrogen-bond donors (Lipinski definition) is 1. The molecule has 0 saturated carbocycles. The Bertz CT molecular complexity index is 1320. The Morgan fingerprint density at radius 1 is 1.09 bits per heavy atom. The van der Waals surface area contributed by atoms with Gasteiger partial charge in [-0.05, 0) is 73.2 Å². The molecule has 0 spiro atoms. The van der Waals surface area contributed by atoms with Crippen molar-refractivity contribution in [3.05, 3.63) is 105 Å². The molecule has 0 unspecified atom stereocenters. The van der Waals surface area contributed by atoms with E-state index in [0.717, 1.165) is 32.7 Å². The van der Waals surface area contributed by atoms with Gasteiger partial charge >= 0.3 is 5.97 Å². The molecule has 0 fully saturated rings. The van der Waals surface area contributed by atoms with Crippen LogP contribution in [0.5, 0.6) is 5.75 Å². The lowest BCUT2D eigenvalue weighted by molar-refractivity contribution is 0.0697. The molecule has 1 N–H and O–H groups in total. The average Bonchev–Trinajstić information content (AvgIpc) is 3.16. The van der Waals surface area contributed by atoms with Crippen LogP contribution in [-0.4, -0.2) is 15.6 Å². The molecular weight excluding hydrogens is 497 g/mol. The van der Waals surface area contributed by atoms with Gasteiger partial charge in [0.05, 0.1) is 16.3 Å². The zero-order chi connectivity index (χ0) is 22.8. The van der Waals surface area contributed by atoms with E-state index in [1.807, 2.05) is 47.9 Å². The molecule has 0 saturated heterocycles. The summed E-state index contributed by atoms with van der Waals surface area (Å²) >= 11 is 9.41. The van der Waals surface area contributed by atoms with Crippen LogP contribution in [-0.2, 0) is 6.61 Å². The van der Waals surface area contributed by atoms with Gasteiger partial charge in [-0.1, -0.05) is 39.7 Å². The van der Waals surface area contributed by atoms with E-state index in [2.05, 4.69) is 15.9 Å². The largest absolute Gasteiger partial charge is 0.488 e. The molecule has 4 aromatic rings. The number of aromatic carboxylic acids is 1. The van der Waals surface area contributed by atoms with Gasteiger partial charge in [-0.3, -0.25) is 0 Å². The Morgan fingerprint density at radius 3 is 2.66 bits per heavy atom. The quantitative estimate of drug-likeness (QED) is 0.294. The first-order valence-corrected chi connectivity index (χ1v) is 10.9. The Kier molecular flexibility index (Phi) is 6.35. The number of nitrogens with zero attached hydrogens (tertiary/aromatic N) is 1. The highest BCUT2D eigenvalue weighted by Crippen LogP contribution is 2.36. The number of aryl methyl sites for hydroxylation is 1. The zero-order valence-electron chi connectivity index (χ0n) is 17.0. The predicted molar refractivity (Wildman–Crippen MR) is 126 cm³/mol. The summed E-state index contributed by atoms with van der Waals surface area (Å²) in [5.41, 5.74) is 4.30. The highest BCUT2D eigenvalue weighted by Gasteiger charge is 2.16. The Hall–Kier alpha value is -3.09. The van der Waals surface area contributed by atoms with Crippen LogP contribution in [0.25, 0.3) is 16.9 Å². The van der Waals surface area contributed by atoms with Crippen LogP contribution in [0.3, 0.4) is 0 Å². The monoisotopic (exact) mass is 513 g/mol. The molecule has 1 aromatic heterocycles. The van der Waals surface area contributed by atoms with Crippen LogP contribution in [0.4, 0.5) is 4.39 Å². The molecule has 0 aliphatic carbocycles. The van der Waals surface area contributed by atoms with Gasteiger partial charge in [-0.2, -0.15) is 0 Å². The molecule has 0 bridgehead atoms. The number of carboxylic acid groups (broad SMARTS) is 1. The summed E-state index contributed by atoms with van der Waals surface area (Å²) in [5.74, 6) is -0.832. The maximum Gasteiger partial charge on any atom is 0.335 e. The number of aromatic nitrogens is 1. The van der Waals surface area contributed by atoms with Crippen molar-refractivity contribution in [1.82, 2.24) is 4.57 Å². The Morgan fingerprint density at radius 2 is 1.91 bits per heavy atom. The third kappa shape index (κ3) is 4.56. The second kappa shape index (κ2) is 9.18. The number of carboxylic acids is 1. The van der Waals surface area contributed by atoms with Crippen molar-refractivity contribution in [2.24, 2.45) is 0 Å². The van der Waals surface area contributed by atoms with Gasteiger partial charge in [-0.25, -0.2) is 9.18 Å². The fourth-order valence-corrected chi connectivity index (χ4v) is 4.05. The normalized spacial score (nSPS) is 10.9. The smallest absolute Gasteiger partial charge is 0.335 e. The molecule has 0 atom stereocenters. The molecule has 3 aromatic carbocycles. The van der Waals surface area contributed by atoms with Crippen LogP contribution in [0, 0.1) is 12.7 Å². The molecule has 7 heteroatoms. The SMILES string of the molecule is Cc1ccc(-c2cc(Br)ccc2OCc2ccc(F)c(Cl)c2)n1-c1cccc(C(=O)O)c1. The molecule has 4 rings (SSSR count). The van der Waals surface area contributed by atoms with Crippen molar-refractivity contribution in [2.45, 2.75) is 13.5 Å². The molecular formula is C25H18BrClFNO3. The average molecular weight is 515 g/mol. The number of ether oxygens (including phenoxy) is 1. The first-order valence-electron chi connectivity index (χ1n) is 9.72. The second-order valence-electron chi connectivity index (χ2n) is 7.23. The molecule has 0 radical (unpaired) electrons. The maximum atomic E-state index is 13.5. The van der Waals surface area contributed by atoms with Gasteiger partial charge in [0.15, 0.2) is 0 Å². The fraction of sp³-hybridized carbons (Fsp3) is 0.0800. The maximum absolute atomic E-state index is 13.5. The van der Waals surface area contributed by atoms with E-state index >= 15 is 0 Å². The van der Waals surface area contributed by atoms with Crippen molar-refractivity contribution in [3.8, 4) is 22.7 Å². The van der Waals surface area contributed by atoms with Gasteiger partial charge in [0, 0.05) is 21.4 Å². The number of hydrogen-bond acceptors (Lipinski definition) is 2. The minimum absolute atomic E-state index is 0.0462. The van der Waals surface area contributed by atoms with Crippen LogP contribution in [0.15, 0.2) is 77.3 Å². The number of rotatable bonds is 6. The van der Waals surface area contributed by atoms with Crippen LogP contribution >= 0.6 is 27.5 Å². The van der Waals surface area contributed by atoms with Crippen LogP contribution in [0.2, 0.25) is 5.02 Å². The van der Waals surface area contributed by atoms with Crippen molar-refractivity contribution in [2.75, 3.05) is 0 Å². The van der Waals surface area contributed by atoms with E-state index in [1.165, 1.54) is 6.07 Å². The van der Waals surface area contributed by atoms with Gasteiger partial charge in [0.2, 0.25) is 0 Å². The van der Waals surface area contributed by atoms with Gasteiger partial charge in [0.25, 0.3) is 0 Å². The molecule has 0 aliphatic heterocycles. The number of halogens is 3. The minimum Gasteiger partial charge on any atom is -0.488 e. The van der Waals surface area contributed by atoms with Gasteiger partial charge in [-0.15, -0.1) is 0 Å².